The molecule has 27 heavy (non-hydrogen) atoms. The van der Waals surface area contributed by atoms with Gasteiger partial charge < -0.3 is 10.1 Å². The van der Waals surface area contributed by atoms with E-state index in [2.05, 4.69) is 26.5 Å². The van der Waals surface area contributed by atoms with Crippen molar-refractivity contribution >= 4 is 33.6 Å². The van der Waals surface area contributed by atoms with Gasteiger partial charge in [-0.3, -0.25) is 4.79 Å². The third kappa shape index (κ3) is 5.20. The summed E-state index contributed by atoms with van der Waals surface area (Å²) < 4.78 is 5.31. The number of thiophene rings is 1. The standard InChI is InChI=1S/C19H19N5O2S/c1-12-9-14(7-8-26-11-17(25)21-3)5-6-15(12)23-24-19-18(22-4)13(2)16(10-20)27-19/h5-6,9H,7-8,11H2,1-3H3,(H,21,25). The molecule has 0 fully saturated rings. The molecule has 0 aliphatic rings. The van der Waals surface area contributed by atoms with Crippen molar-refractivity contribution in [1.29, 1.82) is 5.26 Å². The van der Waals surface area contributed by atoms with Gasteiger partial charge in [0.1, 0.15) is 17.7 Å². The number of azo groups is 1. The maximum atomic E-state index is 11.1. The maximum Gasteiger partial charge on any atom is 0.245 e. The lowest BCUT2D eigenvalue weighted by molar-refractivity contribution is -0.125. The Hall–Kier alpha value is -3.07. The van der Waals surface area contributed by atoms with Gasteiger partial charge >= 0.3 is 0 Å². The van der Waals surface area contributed by atoms with E-state index in [1.165, 1.54) is 11.3 Å². The molecule has 2 rings (SSSR count). The number of hydrogen-bond acceptors (Lipinski definition) is 6. The molecule has 1 N–H and O–H groups in total. The van der Waals surface area contributed by atoms with E-state index in [4.69, 9.17) is 16.6 Å². The van der Waals surface area contributed by atoms with Gasteiger partial charge in [-0.05, 0) is 43.0 Å². The molecule has 0 bridgehead atoms. The molecular weight excluding hydrogens is 362 g/mol. The van der Waals surface area contributed by atoms with Gasteiger partial charge in [-0.1, -0.05) is 12.1 Å². The Kier molecular flexibility index (Phi) is 7.18. The first-order valence-corrected chi connectivity index (χ1v) is 9.02. The fourth-order valence-electron chi connectivity index (χ4n) is 2.31. The Morgan fingerprint density at radius 2 is 2.19 bits per heavy atom. The highest BCUT2D eigenvalue weighted by atomic mass is 32.1. The lowest BCUT2D eigenvalue weighted by atomic mass is 10.1. The largest absolute Gasteiger partial charge is 0.371 e. The van der Waals surface area contributed by atoms with Crippen molar-refractivity contribution in [3.63, 3.8) is 0 Å². The molecule has 0 atom stereocenters. The average Bonchev–Trinajstić information content (AvgIpc) is 2.98. The van der Waals surface area contributed by atoms with Gasteiger partial charge in [0.15, 0.2) is 0 Å². The lowest BCUT2D eigenvalue weighted by Crippen LogP contribution is -2.23. The zero-order chi connectivity index (χ0) is 19.8. The fraction of sp³-hybridized carbons (Fsp3) is 0.316. The lowest BCUT2D eigenvalue weighted by Gasteiger charge is -2.06. The van der Waals surface area contributed by atoms with Gasteiger partial charge in [0.2, 0.25) is 11.6 Å². The average molecular weight is 381 g/mol. The topological polar surface area (TPSA) is 91.2 Å². The predicted octanol–water partition coefficient (Wildman–Crippen LogP) is 4.51. The summed E-state index contributed by atoms with van der Waals surface area (Å²) in [5.41, 5.74) is 3.74. The second-order valence-electron chi connectivity index (χ2n) is 5.73. The summed E-state index contributed by atoms with van der Waals surface area (Å²) in [5, 5.41) is 20.5. The molecule has 2 aromatic rings. The van der Waals surface area contributed by atoms with Gasteiger partial charge in [-0.25, -0.2) is 4.85 Å². The summed E-state index contributed by atoms with van der Waals surface area (Å²) in [4.78, 5) is 15.0. The number of carbonyl (C=O) groups excluding carboxylic acids is 1. The minimum Gasteiger partial charge on any atom is -0.371 e. The van der Waals surface area contributed by atoms with Crippen LogP contribution in [0.15, 0.2) is 28.4 Å². The molecule has 1 aromatic heterocycles. The summed E-state index contributed by atoms with van der Waals surface area (Å²) in [6.07, 6.45) is 0.687. The highest BCUT2D eigenvalue weighted by Gasteiger charge is 2.14. The van der Waals surface area contributed by atoms with Crippen molar-refractivity contribution in [2.45, 2.75) is 20.3 Å². The minimum absolute atomic E-state index is 0.0517. The van der Waals surface area contributed by atoms with Gasteiger partial charge in [-0.2, -0.15) is 15.5 Å². The van der Waals surface area contributed by atoms with Crippen LogP contribution in [0.25, 0.3) is 4.85 Å². The van der Waals surface area contributed by atoms with Crippen molar-refractivity contribution in [2.24, 2.45) is 10.2 Å². The van der Waals surface area contributed by atoms with Crippen molar-refractivity contribution in [3.05, 3.63) is 51.2 Å². The van der Waals surface area contributed by atoms with E-state index >= 15 is 0 Å². The highest BCUT2D eigenvalue weighted by molar-refractivity contribution is 7.17. The molecule has 0 spiro atoms. The number of nitrogens with one attached hydrogen (secondary N) is 1. The molecule has 138 valence electrons. The number of nitrogens with zero attached hydrogens (tertiary/aromatic N) is 4. The number of likely N-dealkylation sites (N-methyl/N-ethyl adjacent to an activating group) is 1. The highest BCUT2D eigenvalue weighted by Crippen LogP contribution is 2.42. The van der Waals surface area contributed by atoms with E-state index in [1.54, 1.807) is 14.0 Å². The molecule has 0 saturated carbocycles. The number of carbonyl (C=O) groups is 1. The number of aryl methyl sites for hydroxylation is 1. The maximum absolute atomic E-state index is 11.1. The van der Waals surface area contributed by atoms with Crippen LogP contribution in [0.5, 0.6) is 0 Å². The molecule has 0 radical (unpaired) electrons. The van der Waals surface area contributed by atoms with Gasteiger partial charge in [0, 0.05) is 7.05 Å². The zero-order valence-corrected chi connectivity index (χ0v) is 16.2. The van der Waals surface area contributed by atoms with Crippen LogP contribution in [0.1, 0.15) is 21.6 Å². The first-order valence-electron chi connectivity index (χ1n) is 8.20. The fourth-order valence-corrected chi connectivity index (χ4v) is 3.17. The van der Waals surface area contributed by atoms with Crippen LogP contribution in [0.3, 0.4) is 0 Å². The van der Waals surface area contributed by atoms with E-state index in [-0.39, 0.29) is 12.5 Å². The van der Waals surface area contributed by atoms with Crippen LogP contribution >= 0.6 is 11.3 Å². The van der Waals surface area contributed by atoms with E-state index in [0.29, 0.717) is 39.8 Å². The third-order valence-corrected chi connectivity index (χ3v) is 4.94. The van der Waals surface area contributed by atoms with E-state index < -0.39 is 0 Å². The summed E-state index contributed by atoms with van der Waals surface area (Å²) in [6.45, 7) is 11.4. The first kappa shape index (κ1) is 20.2. The van der Waals surface area contributed by atoms with Crippen LogP contribution in [0, 0.1) is 31.8 Å². The Morgan fingerprint density at radius 3 is 2.81 bits per heavy atom. The summed E-state index contributed by atoms with van der Waals surface area (Å²) in [7, 11) is 1.57. The van der Waals surface area contributed by atoms with Crippen LogP contribution in [0.2, 0.25) is 0 Å². The van der Waals surface area contributed by atoms with Crippen molar-refractivity contribution in [1.82, 2.24) is 5.32 Å². The molecule has 1 heterocycles. The third-order valence-electron chi connectivity index (χ3n) is 3.87. The van der Waals surface area contributed by atoms with Crippen LogP contribution < -0.4 is 5.32 Å². The first-order chi connectivity index (χ1) is 13.0. The molecule has 0 aliphatic carbocycles. The number of rotatable bonds is 7. The molecule has 1 amide bonds. The summed E-state index contributed by atoms with van der Waals surface area (Å²) in [6, 6.07) is 7.86. The SMILES string of the molecule is [C-]#[N+]c1c(N=Nc2ccc(CCOCC(=O)NC)cc2C)sc(C#N)c1C. The molecule has 1 aromatic carbocycles. The number of nitriles is 1. The molecular formula is C19H19N5O2S. The number of ether oxygens (including phenoxy) is 1. The van der Waals surface area contributed by atoms with Gasteiger partial charge in [-0.15, -0.1) is 11.3 Å². The van der Waals surface area contributed by atoms with Crippen LogP contribution in [-0.4, -0.2) is 26.2 Å². The van der Waals surface area contributed by atoms with E-state index in [9.17, 15) is 4.79 Å². The Balaban J connectivity index is 2.06. The van der Waals surface area contributed by atoms with Crippen molar-refractivity contribution in [2.75, 3.05) is 20.3 Å². The normalized spacial score (nSPS) is 10.6. The van der Waals surface area contributed by atoms with Crippen molar-refractivity contribution in [3.8, 4) is 6.07 Å². The second-order valence-corrected chi connectivity index (χ2v) is 6.73. The van der Waals surface area contributed by atoms with Crippen LogP contribution in [0.4, 0.5) is 16.4 Å². The molecule has 8 heteroatoms. The monoisotopic (exact) mass is 381 g/mol. The zero-order valence-electron chi connectivity index (χ0n) is 15.4. The Morgan fingerprint density at radius 1 is 1.41 bits per heavy atom. The minimum atomic E-state index is -0.149. The van der Waals surface area contributed by atoms with E-state index in [0.717, 1.165) is 11.1 Å². The van der Waals surface area contributed by atoms with Crippen LogP contribution in [-0.2, 0) is 16.0 Å². The number of hydrogen-bond donors (Lipinski definition) is 1. The van der Waals surface area contributed by atoms with Gasteiger partial charge in [0.25, 0.3) is 0 Å². The predicted molar refractivity (Wildman–Crippen MR) is 104 cm³/mol. The second kappa shape index (κ2) is 9.58. The summed E-state index contributed by atoms with van der Waals surface area (Å²) >= 11 is 1.17. The van der Waals surface area contributed by atoms with Crippen molar-refractivity contribution < 1.29 is 9.53 Å². The number of amides is 1. The molecule has 0 unspecified atom stereocenters. The van der Waals surface area contributed by atoms with E-state index in [1.807, 2.05) is 25.1 Å². The molecule has 0 saturated heterocycles. The molecule has 7 nitrogen and oxygen atoms in total. The van der Waals surface area contributed by atoms with Gasteiger partial charge in [0.05, 0.1) is 23.7 Å². The number of benzene rings is 1. The quantitative estimate of drug-likeness (QED) is 0.434. The Labute approximate surface area is 162 Å². The Bertz CT molecular complexity index is 950. The summed E-state index contributed by atoms with van der Waals surface area (Å²) in [5.74, 6) is -0.149. The smallest absolute Gasteiger partial charge is 0.245 e. The molecule has 0 aliphatic heterocycles.